The molecule has 2 heterocycles. The molecule has 0 aromatic heterocycles. The van der Waals surface area contributed by atoms with Gasteiger partial charge in [-0.1, -0.05) is 30.3 Å². The van der Waals surface area contributed by atoms with E-state index >= 15 is 0 Å². The molecule has 0 atom stereocenters. The summed E-state index contributed by atoms with van der Waals surface area (Å²) in [5, 5.41) is 0. The molecule has 1 aromatic carbocycles. The van der Waals surface area contributed by atoms with Crippen LogP contribution in [0, 0.1) is 0 Å². The van der Waals surface area contributed by atoms with Gasteiger partial charge in [0.05, 0.1) is 5.54 Å². The van der Waals surface area contributed by atoms with Gasteiger partial charge in [-0.3, -0.25) is 9.69 Å². The zero-order valence-corrected chi connectivity index (χ0v) is 18.3. The Balaban J connectivity index is 0.00000196. The predicted molar refractivity (Wildman–Crippen MR) is 117 cm³/mol. The molecular formula is C20H34Cl2N4O2. The van der Waals surface area contributed by atoms with E-state index in [9.17, 15) is 4.79 Å². The molecule has 28 heavy (non-hydrogen) atoms. The van der Waals surface area contributed by atoms with E-state index in [1.54, 1.807) is 0 Å². The number of nitrogens with two attached hydrogens (primary N) is 1. The normalized spacial score (nSPS) is 19.6. The fourth-order valence-corrected chi connectivity index (χ4v) is 3.73. The van der Waals surface area contributed by atoms with E-state index in [-0.39, 0.29) is 30.7 Å². The first kappa shape index (κ1) is 25.1. The molecule has 2 saturated heterocycles. The Kier molecular flexibility index (Phi) is 10.7. The van der Waals surface area contributed by atoms with E-state index in [0.717, 1.165) is 45.8 Å². The lowest BCUT2D eigenvalue weighted by Crippen LogP contribution is -2.61. The van der Waals surface area contributed by atoms with E-state index in [1.165, 1.54) is 5.56 Å². The lowest BCUT2D eigenvalue weighted by molar-refractivity contribution is -0.142. The standard InChI is InChI=1S/C20H32N4O2.2ClH/c1-22(17-18-5-3-2-4-6-18)9-10-23-11-13-24(14-12-23)19(25)20(21)7-15-26-16-8-20;;/h2-6H,7-17,21H2,1H3;2*1H. The SMILES string of the molecule is CN(CCN1CCN(C(=O)C2(N)CCOCC2)CC1)Cc1ccccc1.Cl.Cl. The summed E-state index contributed by atoms with van der Waals surface area (Å²) in [6, 6.07) is 10.6. The van der Waals surface area contributed by atoms with Gasteiger partial charge in [0.25, 0.3) is 0 Å². The van der Waals surface area contributed by atoms with Crippen molar-refractivity contribution in [3.05, 3.63) is 35.9 Å². The van der Waals surface area contributed by atoms with E-state index in [0.29, 0.717) is 26.1 Å². The highest BCUT2D eigenvalue weighted by atomic mass is 35.5. The van der Waals surface area contributed by atoms with Crippen molar-refractivity contribution in [2.24, 2.45) is 5.73 Å². The monoisotopic (exact) mass is 432 g/mol. The van der Waals surface area contributed by atoms with Crippen molar-refractivity contribution in [2.75, 3.05) is 59.5 Å². The van der Waals surface area contributed by atoms with Gasteiger partial charge in [-0.2, -0.15) is 0 Å². The van der Waals surface area contributed by atoms with E-state index in [1.807, 2.05) is 4.90 Å². The van der Waals surface area contributed by atoms with Crippen LogP contribution < -0.4 is 5.73 Å². The van der Waals surface area contributed by atoms with Gasteiger partial charge < -0.3 is 20.3 Å². The summed E-state index contributed by atoms with van der Waals surface area (Å²) in [5.41, 5.74) is 6.98. The molecule has 1 aromatic rings. The number of piperazine rings is 1. The van der Waals surface area contributed by atoms with Crippen molar-refractivity contribution < 1.29 is 9.53 Å². The Hall–Kier alpha value is -0.890. The van der Waals surface area contributed by atoms with Crippen LogP contribution in [0.1, 0.15) is 18.4 Å². The Bertz CT molecular complexity index is 577. The average molecular weight is 433 g/mol. The third-order valence-electron chi connectivity index (χ3n) is 5.56. The predicted octanol–water partition coefficient (Wildman–Crippen LogP) is 1.61. The van der Waals surface area contributed by atoms with Gasteiger partial charge in [0, 0.05) is 59.0 Å². The van der Waals surface area contributed by atoms with Crippen molar-refractivity contribution in [3.8, 4) is 0 Å². The van der Waals surface area contributed by atoms with Crippen LogP contribution in [-0.4, -0.2) is 85.7 Å². The Morgan fingerprint density at radius 2 is 1.71 bits per heavy atom. The second-order valence-electron chi connectivity index (χ2n) is 7.63. The molecule has 2 aliphatic rings. The smallest absolute Gasteiger partial charge is 0.242 e. The second-order valence-corrected chi connectivity index (χ2v) is 7.63. The molecule has 0 radical (unpaired) electrons. The van der Waals surface area contributed by atoms with Crippen molar-refractivity contribution in [1.29, 1.82) is 0 Å². The average Bonchev–Trinajstić information content (AvgIpc) is 2.67. The summed E-state index contributed by atoms with van der Waals surface area (Å²) in [6.07, 6.45) is 1.27. The van der Waals surface area contributed by atoms with Crippen LogP contribution in [0.25, 0.3) is 0 Å². The zero-order chi connectivity index (χ0) is 18.4. The van der Waals surface area contributed by atoms with E-state index < -0.39 is 5.54 Å². The molecule has 2 fully saturated rings. The van der Waals surface area contributed by atoms with Gasteiger partial charge in [0.2, 0.25) is 5.91 Å². The highest BCUT2D eigenvalue weighted by Crippen LogP contribution is 2.21. The van der Waals surface area contributed by atoms with Crippen LogP contribution in [0.15, 0.2) is 30.3 Å². The van der Waals surface area contributed by atoms with Crippen LogP contribution in [0.4, 0.5) is 0 Å². The van der Waals surface area contributed by atoms with Crippen LogP contribution in [-0.2, 0) is 16.1 Å². The fourth-order valence-electron chi connectivity index (χ4n) is 3.73. The first-order valence-electron chi connectivity index (χ1n) is 9.68. The highest BCUT2D eigenvalue weighted by molar-refractivity contribution is 5.86. The highest BCUT2D eigenvalue weighted by Gasteiger charge is 2.39. The number of hydrogen-bond acceptors (Lipinski definition) is 5. The van der Waals surface area contributed by atoms with E-state index in [2.05, 4.69) is 47.2 Å². The van der Waals surface area contributed by atoms with Crippen molar-refractivity contribution in [2.45, 2.75) is 24.9 Å². The number of benzene rings is 1. The van der Waals surface area contributed by atoms with Crippen LogP contribution in [0.5, 0.6) is 0 Å². The number of likely N-dealkylation sites (N-methyl/N-ethyl adjacent to an activating group) is 1. The third kappa shape index (κ3) is 6.87. The van der Waals surface area contributed by atoms with Gasteiger partial charge in [-0.25, -0.2) is 0 Å². The summed E-state index contributed by atoms with van der Waals surface area (Å²) in [4.78, 5) is 19.5. The van der Waals surface area contributed by atoms with Gasteiger partial charge in [-0.05, 0) is 25.5 Å². The molecular weight excluding hydrogens is 399 g/mol. The van der Waals surface area contributed by atoms with Gasteiger partial charge in [-0.15, -0.1) is 24.8 Å². The number of amides is 1. The lowest BCUT2D eigenvalue weighted by Gasteiger charge is -2.41. The van der Waals surface area contributed by atoms with Gasteiger partial charge in [0.1, 0.15) is 0 Å². The summed E-state index contributed by atoms with van der Waals surface area (Å²) < 4.78 is 5.35. The number of nitrogens with zero attached hydrogens (tertiary/aromatic N) is 3. The largest absolute Gasteiger partial charge is 0.381 e. The summed E-state index contributed by atoms with van der Waals surface area (Å²) >= 11 is 0. The Morgan fingerprint density at radius 3 is 2.32 bits per heavy atom. The Labute approximate surface area is 181 Å². The van der Waals surface area contributed by atoms with Crippen molar-refractivity contribution in [1.82, 2.24) is 14.7 Å². The summed E-state index contributed by atoms with van der Waals surface area (Å²) in [7, 11) is 2.16. The maximum atomic E-state index is 12.8. The molecule has 160 valence electrons. The molecule has 6 nitrogen and oxygen atoms in total. The summed E-state index contributed by atoms with van der Waals surface area (Å²) in [6.45, 7) is 7.63. The molecule has 0 bridgehead atoms. The molecule has 0 aliphatic carbocycles. The molecule has 0 spiro atoms. The fraction of sp³-hybridized carbons (Fsp3) is 0.650. The molecule has 2 N–H and O–H groups in total. The van der Waals surface area contributed by atoms with E-state index in [4.69, 9.17) is 10.5 Å². The molecule has 3 rings (SSSR count). The van der Waals surface area contributed by atoms with Gasteiger partial charge >= 0.3 is 0 Å². The number of hydrogen-bond donors (Lipinski definition) is 1. The number of carbonyl (C=O) groups is 1. The third-order valence-corrected chi connectivity index (χ3v) is 5.56. The minimum Gasteiger partial charge on any atom is -0.381 e. The number of ether oxygens (including phenoxy) is 1. The first-order chi connectivity index (χ1) is 12.6. The van der Waals surface area contributed by atoms with Crippen LogP contribution in [0.3, 0.4) is 0 Å². The molecule has 0 saturated carbocycles. The minimum atomic E-state index is -0.712. The zero-order valence-electron chi connectivity index (χ0n) is 16.7. The minimum absolute atomic E-state index is 0. The molecule has 2 aliphatic heterocycles. The number of halogens is 2. The van der Waals surface area contributed by atoms with Crippen LogP contribution in [0.2, 0.25) is 0 Å². The van der Waals surface area contributed by atoms with Crippen molar-refractivity contribution in [3.63, 3.8) is 0 Å². The van der Waals surface area contributed by atoms with Gasteiger partial charge in [0.15, 0.2) is 0 Å². The Morgan fingerprint density at radius 1 is 1.11 bits per heavy atom. The quantitative estimate of drug-likeness (QED) is 0.739. The van der Waals surface area contributed by atoms with Crippen molar-refractivity contribution >= 4 is 30.7 Å². The lowest BCUT2D eigenvalue weighted by atomic mass is 9.89. The summed E-state index contributed by atoms with van der Waals surface area (Å²) in [5.74, 6) is 0.113. The molecule has 1 amide bonds. The second kappa shape index (κ2) is 12.0. The number of carbonyl (C=O) groups excluding carboxylic acids is 1. The first-order valence-corrected chi connectivity index (χ1v) is 9.68. The number of rotatable bonds is 6. The maximum absolute atomic E-state index is 12.8. The molecule has 8 heteroatoms. The molecule has 0 unspecified atom stereocenters. The topological polar surface area (TPSA) is 62.0 Å². The van der Waals surface area contributed by atoms with Crippen LogP contribution >= 0.6 is 24.8 Å². The maximum Gasteiger partial charge on any atom is 0.242 e.